The molecule has 164 valence electrons. The zero-order valence-electron chi connectivity index (χ0n) is 18.2. The van der Waals surface area contributed by atoms with Crippen LogP contribution in [-0.4, -0.2) is 15.1 Å². The molecule has 0 saturated carbocycles. The number of anilines is 1. The Morgan fingerprint density at radius 3 is 2.59 bits per heavy atom. The zero-order valence-corrected chi connectivity index (χ0v) is 18.2. The molecule has 4 rings (SSSR count). The Morgan fingerprint density at radius 2 is 1.81 bits per heavy atom. The van der Waals surface area contributed by atoms with Crippen LogP contribution in [0.15, 0.2) is 72.9 Å². The summed E-state index contributed by atoms with van der Waals surface area (Å²) in [7, 11) is 0. The number of hydrogen-bond donors (Lipinski definition) is 3. The fourth-order valence-electron chi connectivity index (χ4n) is 3.75. The molecule has 5 nitrogen and oxygen atoms in total. The largest absolute Gasteiger partial charge is 0.369 e. The maximum atomic E-state index is 13.4. The number of nitrogens with zero attached hydrogens (tertiary/aromatic N) is 2. The molecule has 6 heteroatoms. The van der Waals surface area contributed by atoms with E-state index in [1.54, 1.807) is 18.3 Å². The Bertz CT molecular complexity index is 1230. The number of aromatic nitrogens is 2. The minimum atomic E-state index is -1.07. The number of halogens is 1. The second-order valence-corrected chi connectivity index (χ2v) is 8.41. The molecule has 0 saturated heterocycles. The van der Waals surface area contributed by atoms with E-state index >= 15 is 0 Å². The lowest BCUT2D eigenvalue weighted by Crippen LogP contribution is -2.14. The topological polar surface area (TPSA) is 84.1 Å². The molecule has 0 aliphatic heterocycles. The van der Waals surface area contributed by atoms with Gasteiger partial charge in [0.05, 0.1) is 11.2 Å². The van der Waals surface area contributed by atoms with Gasteiger partial charge in [-0.1, -0.05) is 38.1 Å². The average molecular weight is 431 g/mol. The molecule has 2 aromatic carbocycles. The molecule has 0 bridgehead atoms. The summed E-state index contributed by atoms with van der Waals surface area (Å²) in [5, 5.41) is 14.3. The van der Waals surface area contributed by atoms with Crippen molar-refractivity contribution in [1.29, 1.82) is 0 Å². The molecule has 2 heterocycles. The van der Waals surface area contributed by atoms with Gasteiger partial charge < -0.3 is 16.2 Å². The molecule has 0 aliphatic carbocycles. The van der Waals surface area contributed by atoms with Crippen molar-refractivity contribution >= 4 is 16.7 Å². The molecule has 4 aromatic rings. The Balaban J connectivity index is 1.56. The summed E-state index contributed by atoms with van der Waals surface area (Å²) in [6.45, 7) is 4.31. The van der Waals surface area contributed by atoms with E-state index in [-0.39, 0.29) is 6.04 Å². The van der Waals surface area contributed by atoms with Crippen LogP contribution in [0.5, 0.6) is 0 Å². The molecule has 2 atom stereocenters. The fraction of sp³-hybridized carbons (Fsp3) is 0.231. The maximum absolute atomic E-state index is 13.4. The van der Waals surface area contributed by atoms with E-state index in [0.717, 1.165) is 34.1 Å². The van der Waals surface area contributed by atoms with Crippen molar-refractivity contribution in [2.45, 2.75) is 32.5 Å². The monoisotopic (exact) mass is 430 g/mol. The highest BCUT2D eigenvalue weighted by atomic mass is 19.1. The first-order chi connectivity index (χ1) is 15.4. The van der Waals surface area contributed by atoms with E-state index in [1.807, 2.05) is 30.3 Å². The zero-order chi connectivity index (χ0) is 22.7. The lowest BCUT2D eigenvalue weighted by atomic mass is 10.00. The number of nitrogens with two attached hydrogens (primary N) is 1. The van der Waals surface area contributed by atoms with Gasteiger partial charge in [0.2, 0.25) is 0 Å². The van der Waals surface area contributed by atoms with E-state index in [1.165, 1.54) is 12.1 Å². The summed E-state index contributed by atoms with van der Waals surface area (Å²) in [5.41, 5.74) is 10.5. The van der Waals surface area contributed by atoms with E-state index < -0.39 is 12.0 Å². The smallest absolute Gasteiger partial charge is 0.152 e. The van der Waals surface area contributed by atoms with Gasteiger partial charge in [-0.05, 0) is 65.9 Å². The van der Waals surface area contributed by atoms with Crippen LogP contribution in [0.2, 0.25) is 0 Å². The molecule has 2 unspecified atom stereocenters. The standard InChI is InChI=1S/C26H27FN4O/c1-16(2)12-22(28)24-9-7-19-13-17(6-8-23(19)30-24)18-10-11-29-25(15-18)31-26(32)20-4-3-5-21(27)14-20/h3-11,13-16,22,26,32H,12,28H2,1-2H3,(H,29,31). The third kappa shape index (κ3) is 5.10. The quantitative estimate of drug-likeness (QED) is 0.333. The molecule has 0 aliphatic rings. The number of nitrogens with one attached hydrogen (secondary N) is 1. The van der Waals surface area contributed by atoms with Crippen LogP contribution in [0.4, 0.5) is 10.2 Å². The van der Waals surface area contributed by atoms with Gasteiger partial charge in [0.1, 0.15) is 11.6 Å². The van der Waals surface area contributed by atoms with Crippen molar-refractivity contribution in [3.05, 3.63) is 90.0 Å². The molecule has 4 N–H and O–H groups in total. The Labute approximate surface area is 187 Å². The van der Waals surface area contributed by atoms with Crippen molar-refractivity contribution in [2.75, 3.05) is 5.32 Å². The van der Waals surface area contributed by atoms with Crippen molar-refractivity contribution in [3.63, 3.8) is 0 Å². The second kappa shape index (κ2) is 9.42. The van der Waals surface area contributed by atoms with E-state index in [0.29, 0.717) is 17.3 Å². The highest BCUT2D eigenvalue weighted by Gasteiger charge is 2.12. The number of aliphatic hydroxyl groups excluding tert-OH is 1. The highest BCUT2D eigenvalue weighted by Crippen LogP contribution is 2.27. The predicted octanol–water partition coefficient (Wildman–Crippen LogP) is 5.58. The van der Waals surface area contributed by atoms with Gasteiger partial charge in [-0.2, -0.15) is 0 Å². The normalized spacial score (nSPS) is 13.3. The maximum Gasteiger partial charge on any atom is 0.152 e. The fourth-order valence-corrected chi connectivity index (χ4v) is 3.75. The van der Waals surface area contributed by atoms with E-state index in [9.17, 15) is 9.50 Å². The summed E-state index contributed by atoms with van der Waals surface area (Å²) in [4.78, 5) is 9.03. The Morgan fingerprint density at radius 1 is 1.00 bits per heavy atom. The number of hydrogen-bond acceptors (Lipinski definition) is 5. The molecule has 2 aromatic heterocycles. The van der Waals surface area contributed by atoms with Gasteiger partial charge >= 0.3 is 0 Å². The first-order valence-corrected chi connectivity index (χ1v) is 10.7. The van der Waals surface area contributed by atoms with Gasteiger partial charge in [-0.3, -0.25) is 4.98 Å². The summed E-state index contributed by atoms with van der Waals surface area (Å²) in [6.07, 6.45) is 1.50. The number of pyridine rings is 2. The summed E-state index contributed by atoms with van der Waals surface area (Å²) < 4.78 is 13.4. The van der Waals surface area contributed by atoms with E-state index in [4.69, 9.17) is 10.7 Å². The van der Waals surface area contributed by atoms with Crippen LogP contribution < -0.4 is 11.1 Å². The first-order valence-electron chi connectivity index (χ1n) is 10.7. The Kier molecular flexibility index (Phi) is 6.44. The summed E-state index contributed by atoms with van der Waals surface area (Å²) in [6, 6.07) is 19.6. The van der Waals surface area contributed by atoms with Crippen molar-refractivity contribution in [2.24, 2.45) is 11.7 Å². The number of aliphatic hydroxyl groups is 1. The molecule has 0 amide bonds. The van der Waals surface area contributed by atoms with Gasteiger partial charge in [0.25, 0.3) is 0 Å². The number of rotatable bonds is 7. The number of fused-ring (bicyclic) bond motifs is 1. The van der Waals surface area contributed by atoms with E-state index in [2.05, 4.69) is 36.3 Å². The molecule has 0 radical (unpaired) electrons. The summed E-state index contributed by atoms with van der Waals surface area (Å²) in [5.74, 6) is 0.606. The molecule has 32 heavy (non-hydrogen) atoms. The molecular weight excluding hydrogens is 403 g/mol. The SMILES string of the molecule is CC(C)CC(N)c1ccc2cc(-c3ccnc(NC(O)c4cccc(F)c4)c3)ccc2n1. The van der Waals surface area contributed by atoms with Gasteiger partial charge in [0, 0.05) is 23.2 Å². The van der Waals surface area contributed by atoms with Crippen LogP contribution in [0.3, 0.4) is 0 Å². The molecule has 0 fully saturated rings. The minimum absolute atomic E-state index is 0.0718. The Hall–Kier alpha value is -3.35. The average Bonchev–Trinajstić information content (AvgIpc) is 2.78. The van der Waals surface area contributed by atoms with Crippen LogP contribution in [0.1, 0.15) is 43.8 Å². The third-order valence-corrected chi connectivity index (χ3v) is 5.36. The minimum Gasteiger partial charge on any atom is -0.369 e. The molecular formula is C26H27FN4O. The first kappa shape index (κ1) is 21.9. The van der Waals surface area contributed by atoms with Gasteiger partial charge in [-0.25, -0.2) is 9.37 Å². The molecule has 0 spiro atoms. The second-order valence-electron chi connectivity index (χ2n) is 8.41. The van der Waals surface area contributed by atoms with Gasteiger partial charge in [-0.15, -0.1) is 0 Å². The highest BCUT2D eigenvalue weighted by molar-refractivity contribution is 5.85. The predicted molar refractivity (Wildman–Crippen MR) is 126 cm³/mol. The lowest BCUT2D eigenvalue weighted by molar-refractivity contribution is 0.207. The summed E-state index contributed by atoms with van der Waals surface area (Å²) >= 11 is 0. The third-order valence-electron chi connectivity index (χ3n) is 5.36. The van der Waals surface area contributed by atoms with Crippen molar-refractivity contribution < 1.29 is 9.50 Å². The van der Waals surface area contributed by atoms with Crippen LogP contribution in [0.25, 0.3) is 22.0 Å². The van der Waals surface area contributed by atoms with Crippen LogP contribution in [-0.2, 0) is 0 Å². The lowest BCUT2D eigenvalue weighted by Gasteiger charge is -2.15. The van der Waals surface area contributed by atoms with Crippen molar-refractivity contribution in [1.82, 2.24) is 9.97 Å². The van der Waals surface area contributed by atoms with Crippen molar-refractivity contribution in [3.8, 4) is 11.1 Å². The number of benzene rings is 2. The van der Waals surface area contributed by atoms with Crippen LogP contribution in [0, 0.1) is 11.7 Å². The van der Waals surface area contributed by atoms with Gasteiger partial charge in [0.15, 0.2) is 6.23 Å². The van der Waals surface area contributed by atoms with Crippen LogP contribution >= 0.6 is 0 Å².